The molecule has 5 heteroatoms. The summed E-state index contributed by atoms with van der Waals surface area (Å²) < 4.78 is 4.62. The monoisotopic (exact) mass is 262 g/mol. The zero-order valence-electron chi connectivity index (χ0n) is 11.4. The molecule has 1 unspecified atom stereocenters. The van der Waals surface area contributed by atoms with Crippen LogP contribution in [0.3, 0.4) is 0 Å². The minimum Gasteiger partial charge on any atom is -0.469 e. The average Bonchev–Trinajstić information content (AvgIpc) is 2.44. The fraction of sp³-hybridized carbons (Fsp3) is 0.357. The van der Waals surface area contributed by atoms with E-state index in [-0.39, 0.29) is 17.8 Å². The summed E-state index contributed by atoms with van der Waals surface area (Å²) in [5, 5.41) is 0. The van der Waals surface area contributed by atoms with E-state index in [1.807, 2.05) is 6.07 Å². The average molecular weight is 262 g/mol. The van der Waals surface area contributed by atoms with Crippen molar-refractivity contribution in [1.82, 2.24) is 9.88 Å². The van der Waals surface area contributed by atoms with E-state index in [1.165, 1.54) is 18.1 Å². The number of amides is 1. The maximum atomic E-state index is 11.8. The molecular formula is C14H18N2O3. The molecule has 5 nitrogen and oxygen atoms in total. The topological polar surface area (TPSA) is 59.5 Å². The molecule has 0 aromatic carbocycles. The van der Waals surface area contributed by atoms with Gasteiger partial charge in [0.25, 0.3) is 0 Å². The fourth-order valence-corrected chi connectivity index (χ4v) is 1.55. The summed E-state index contributed by atoms with van der Waals surface area (Å²) in [5.41, 5.74) is 0.852. The Kier molecular flexibility index (Phi) is 5.73. The third kappa shape index (κ3) is 4.91. The molecule has 0 aliphatic carbocycles. The highest BCUT2D eigenvalue weighted by atomic mass is 16.5. The van der Waals surface area contributed by atoms with Crippen molar-refractivity contribution in [3.05, 3.63) is 36.2 Å². The highest BCUT2D eigenvalue weighted by Gasteiger charge is 2.17. The molecule has 0 saturated carbocycles. The normalized spacial score (nSPS) is 12.2. The van der Waals surface area contributed by atoms with Gasteiger partial charge in [0.1, 0.15) is 0 Å². The molecule has 1 atom stereocenters. The predicted octanol–water partition coefficient (Wildman–Crippen LogP) is 1.36. The van der Waals surface area contributed by atoms with E-state index in [9.17, 15) is 9.59 Å². The van der Waals surface area contributed by atoms with Gasteiger partial charge in [0.15, 0.2) is 0 Å². The van der Waals surface area contributed by atoms with Crippen LogP contribution in [-0.4, -0.2) is 42.5 Å². The first-order chi connectivity index (χ1) is 9.04. The third-order valence-corrected chi connectivity index (χ3v) is 2.63. The Balaban J connectivity index is 2.54. The lowest BCUT2D eigenvalue weighted by atomic mass is 10.1. The Morgan fingerprint density at radius 2 is 2.26 bits per heavy atom. The van der Waals surface area contributed by atoms with Gasteiger partial charge in [-0.25, -0.2) is 0 Å². The Labute approximate surface area is 112 Å². The fourth-order valence-electron chi connectivity index (χ4n) is 1.55. The van der Waals surface area contributed by atoms with E-state index in [1.54, 1.807) is 38.5 Å². The molecular weight excluding hydrogens is 244 g/mol. The highest BCUT2D eigenvalue weighted by Crippen LogP contribution is 2.03. The van der Waals surface area contributed by atoms with Crippen molar-refractivity contribution in [3.8, 4) is 0 Å². The van der Waals surface area contributed by atoms with Gasteiger partial charge in [-0.1, -0.05) is 13.0 Å². The summed E-state index contributed by atoms with van der Waals surface area (Å²) in [4.78, 5) is 28.5. The number of carbonyl (C=O) groups excluding carboxylic acids is 2. The van der Waals surface area contributed by atoms with Gasteiger partial charge < -0.3 is 9.64 Å². The SMILES string of the molecule is COC(=O)C(C)CN(C)C(=O)/C=C/c1cccnc1. The van der Waals surface area contributed by atoms with Crippen molar-refractivity contribution in [1.29, 1.82) is 0 Å². The smallest absolute Gasteiger partial charge is 0.310 e. The van der Waals surface area contributed by atoms with Crippen molar-refractivity contribution in [2.75, 3.05) is 20.7 Å². The number of rotatable bonds is 5. The Hall–Kier alpha value is -2.17. The van der Waals surface area contributed by atoms with E-state index in [4.69, 9.17) is 0 Å². The third-order valence-electron chi connectivity index (χ3n) is 2.63. The van der Waals surface area contributed by atoms with Crippen molar-refractivity contribution in [3.63, 3.8) is 0 Å². The Bertz CT molecular complexity index is 457. The molecule has 1 amide bonds. The lowest BCUT2D eigenvalue weighted by molar-refractivity contribution is -0.145. The largest absolute Gasteiger partial charge is 0.469 e. The molecule has 0 N–H and O–H groups in total. The number of methoxy groups -OCH3 is 1. The number of esters is 1. The summed E-state index contributed by atoms with van der Waals surface area (Å²) in [5.74, 6) is -0.832. The molecule has 0 aliphatic rings. The van der Waals surface area contributed by atoms with Crippen LogP contribution in [0.5, 0.6) is 0 Å². The van der Waals surface area contributed by atoms with Gasteiger partial charge in [0.05, 0.1) is 13.0 Å². The molecule has 19 heavy (non-hydrogen) atoms. The molecule has 0 spiro atoms. The zero-order valence-corrected chi connectivity index (χ0v) is 11.4. The Morgan fingerprint density at radius 1 is 1.53 bits per heavy atom. The molecule has 1 heterocycles. The standard InChI is InChI=1S/C14H18N2O3/c1-11(14(18)19-3)10-16(2)13(17)7-6-12-5-4-8-15-9-12/h4-9,11H,10H2,1-3H3/b7-6+. The van der Waals surface area contributed by atoms with Crippen molar-refractivity contribution < 1.29 is 14.3 Å². The lowest BCUT2D eigenvalue weighted by Gasteiger charge is -2.18. The lowest BCUT2D eigenvalue weighted by Crippen LogP contribution is -2.33. The van der Waals surface area contributed by atoms with Gasteiger partial charge in [-0.3, -0.25) is 14.6 Å². The summed E-state index contributed by atoms with van der Waals surface area (Å²) in [6.45, 7) is 2.04. The predicted molar refractivity (Wildman–Crippen MR) is 72.1 cm³/mol. The number of likely N-dealkylation sites (N-methyl/N-ethyl adjacent to an activating group) is 1. The summed E-state index contributed by atoms with van der Waals surface area (Å²) >= 11 is 0. The second-order valence-corrected chi connectivity index (χ2v) is 4.26. The van der Waals surface area contributed by atoms with Gasteiger partial charge in [-0.2, -0.15) is 0 Å². The van der Waals surface area contributed by atoms with Crippen LogP contribution in [0.2, 0.25) is 0 Å². The minimum atomic E-state index is -0.342. The van der Waals surface area contributed by atoms with Gasteiger partial charge >= 0.3 is 5.97 Å². The molecule has 102 valence electrons. The number of aromatic nitrogens is 1. The maximum absolute atomic E-state index is 11.8. The first-order valence-corrected chi connectivity index (χ1v) is 5.95. The minimum absolute atomic E-state index is 0.167. The van der Waals surface area contributed by atoms with E-state index in [2.05, 4.69) is 9.72 Å². The number of hydrogen-bond donors (Lipinski definition) is 0. The van der Waals surface area contributed by atoms with Crippen LogP contribution in [0.25, 0.3) is 6.08 Å². The maximum Gasteiger partial charge on any atom is 0.310 e. The summed E-state index contributed by atoms with van der Waals surface area (Å²) in [6, 6.07) is 3.65. The molecule has 1 aromatic heterocycles. The first kappa shape index (κ1) is 14.9. The van der Waals surface area contributed by atoms with E-state index in [0.717, 1.165) is 5.56 Å². The number of carbonyl (C=O) groups is 2. The van der Waals surface area contributed by atoms with Crippen molar-refractivity contribution in [2.45, 2.75) is 6.92 Å². The molecule has 0 bridgehead atoms. The molecule has 0 saturated heterocycles. The molecule has 0 radical (unpaired) electrons. The van der Waals surface area contributed by atoms with Gasteiger partial charge in [-0.05, 0) is 17.7 Å². The number of nitrogens with zero attached hydrogens (tertiary/aromatic N) is 2. The highest BCUT2D eigenvalue weighted by molar-refractivity contribution is 5.91. The molecule has 1 aromatic rings. The van der Waals surface area contributed by atoms with Crippen LogP contribution in [-0.2, 0) is 14.3 Å². The van der Waals surface area contributed by atoms with Crippen LogP contribution < -0.4 is 0 Å². The van der Waals surface area contributed by atoms with Crippen LogP contribution in [0.4, 0.5) is 0 Å². The molecule has 0 fully saturated rings. The molecule has 1 rings (SSSR count). The van der Waals surface area contributed by atoms with Crippen LogP contribution in [0.15, 0.2) is 30.6 Å². The second-order valence-electron chi connectivity index (χ2n) is 4.26. The van der Waals surface area contributed by atoms with E-state index < -0.39 is 0 Å². The summed E-state index contributed by atoms with van der Waals surface area (Å²) in [6.07, 6.45) is 6.49. The van der Waals surface area contributed by atoms with Crippen LogP contribution in [0, 0.1) is 5.92 Å². The van der Waals surface area contributed by atoms with Crippen molar-refractivity contribution >= 4 is 18.0 Å². The second kappa shape index (κ2) is 7.31. The Morgan fingerprint density at radius 3 is 2.84 bits per heavy atom. The van der Waals surface area contributed by atoms with E-state index >= 15 is 0 Å². The van der Waals surface area contributed by atoms with Crippen molar-refractivity contribution in [2.24, 2.45) is 5.92 Å². The zero-order chi connectivity index (χ0) is 14.3. The van der Waals surface area contributed by atoms with Gasteiger partial charge in [0, 0.05) is 32.1 Å². The number of ether oxygens (including phenoxy) is 1. The number of hydrogen-bond acceptors (Lipinski definition) is 4. The first-order valence-electron chi connectivity index (χ1n) is 5.95. The van der Waals surface area contributed by atoms with Crippen LogP contribution in [0.1, 0.15) is 12.5 Å². The molecule has 0 aliphatic heterocycles. The summed E-state index contributed by atoms with van der Waals surface area (Å²) in [7, 11) is 2.98. The number of pyridine rings is 1. The van der Waals surface area contributed by atoms with Gasteiger partial charge in [0.2, 0.25) is 5.91 Å². The van der Waals surface area contributed by atoms with E-state index in [0.29, 0.717) is 6.54 Å². The van der Waals surface area contributed by atoms with Crippen LogP contribution >= 0.6 is 0 Å². The van der Waals surface area contributed by atoms with Gasteiger partial charge in [-0.15, -0.1) is 0 Å². The quantitative estimate of drug-likeness (QED) is 0.594.